The number of dihydropyridines is 1. The van der Waals surface area contributed by atoms with Gasteiger partial charge in [-0.2, -0.15) is 0 Å². The molecule has 1 heterocycles. The Morgan fingerprint density at radius 1 is 1.28 bits per heavy atom. The van der Waals surface area contributed by atoms with Crippen LogP contribution in [0.15, 0.2) is 46.8 Å². The van der Waals surface area contributed by atoms with E-state index in [4.69, 9.17) is 9.47 Å². The lowest BCUT2D eigenvalue weighted by Gasteiger charge is -2.38. The SMILES string of the molecule is CCCOC(=O)C1=C(C)NC2=C(C(=O)[C@@H](C(=O)OC)[C@@H](C)C2)[C@@H]1c1ccccc1[N+](=O)[O-]. The molecule has 1 aromatic rings. The van der Waals surface area contributed by atoms with Crippen LogP contribution in [0.3, 0.4) is 0 Å². The minimum atomic E-state index is -1.06. The molecule has 3 atom stereocenters. The first-order chi connectivity index (χ1) is 15.2. The number of nitro benzene ring substituents is 1. The quantitative estimate of drug-likeness (QED) is 0.308. The molecule has 2 aliphatic rings. The zero-order valence-electron chi connectivity index (χ0n) is 18.5. The zero-order chi connectivity index (χ0) is 23.6. The van der Waals surface area contributed by atoms with E-state index in [0.29, 0.717) is 24.2 Å². The van der Waals surface area contributed by atoms with Gasteiger partial charge in [0, 0.05) is 28.6 Å². The highest BCUT2D eigenvalue weighted by molar-refractivity contribution is 6.12. The molecule has 0 spiro atoms. The Kier molecular flexibility index (Phi) is 6.76. The lowest BCUT2D eigenvalue weighted by molar-refractivity contribution is -0.385. The van der Waals surface area contributed by atoms with Gasteiger partial charge < -0.3 is 14.8 Å². The summed E-state index contributed by atoms with van der Waals surface area (Å²) in [6.45, 7) is 5.46. The first-order valence-electron chi connectivity index (χ1n) is 10.5. The molecule has 0 amide bonds. The van der Waals surface area contributed by atoms with Gasteiger partial charge in [0.1, 0.15) is 5.92 Å². The average molecular weight is 442 g/mol. The van der Waals surface area contributed by atoms with Crippen molar-refractivity contribution in [3.8, 4) is 0 Å². The number of ketones is 1. The third-order valence-corrected chi connectivity index (χ3v) is 5.84. The van der Waals surface area contributed by atoms with Gasteiger partial charge in [-0.3, -0.25) is 19.7 Å². The number of hydrogen-bond donors (Lipinski definition) is 1. The summed E-state index contributed by atoms with van der Waals surface area (Å²) in [6, 6.07) is 5.99. The molecule has 32 heavy (non-hydrogen) atoms. The Hall–Kier alpha value is -3.49. The largest absolute Gasteiger partial charge is 0.468 e. The molecule has 0 unspecified atom stereocenters. The van der Waals surface area contributed by atoms with Crippen LogP contribution < -0.4 is 5.32 Å². The number of Topliss-reactive ketones (excluding diaryl/α,β-unsaturated/α-hetero) is 1. The van der Waals surface area contributed by atoms with E-state index in [1.807, 2.05) is 6.92 Å². The maximum atomic E-state index is 13.6. The first-order valence-corrected chi connectivity index (χ1v) is 10.5. The molecule has 1 N–H and O–H groups in total. The van der Waals surface area contributed by atoms with Gasteiger partial charge in [-0.15, -0.1) is 0 Å². The summed E-state index contributed by atoms with van der Waals surface area (Å²) >= 11 is 0. The van der Waals surface area contributed by atoms with E-state index in [2.05, 4.69) is 5.32 Å². The Morgan fingerprint density at radius 3 is 2.59 bits per heavy atom. The summed E-state index contributed by atoms with van der Waals surface area (Å²) in [6.07, 6.45) is 0.947. The van der Waals surface area contributed by atoms with E-state index in [-0.39, 0.29) is 34.9 Å². The van der Waals surface area contributed by atoms with Crippen LogP contribution >= 0.6 is 0 Å². The van der Waals surface area contributed by atoms with Crippen molar-refractivity contribution >= 4 is 23.4 Å². The van der Waals surface area contributed by atoms with E-state index in [0.717, 1.165) is 0 Å². The molecule has 9 heteroatoms. The number of nitro groups is 1. The van der Waals surface area contributed by atoms with Crippen molar-refractivity contribution in [1.29, 1.82) is 0 Å². The predicted molar refractivity (Wildman–Crippen MR) is 114 cm³/mol. The molecule has 170 valence electrons. The molecule has 0 radical (unpaired) electrons. The maximum Gasteiger partial charge on any atom is 0.336 e. The summed E-state index contributed by atoms with van der Waals surface area (Å²) < 4.78 is 10.2. The van der Waals surface area contributed by atoms with Gasteiger partial charge in [-0.25, -0.2) is 4.79 Å². The molecular formula is C23H26N2O7. The molecule has 0 saturated carbocycles. The first kappa shape index (κ1) is 23.2. The third-order valence-electron chi connectivity index (χ3n) is 5.84. The number of nitrogens with one attached hydrogen (secondary N) is 1. The molecule has 0 aromatic heterocycles. The number of carbonyl (C=O) groups excluding carboxylic acids is 3. The monoisotopic (exact) mass is 442 g/mol. The fourth-order valence-electron chi connectivity index (χ4n) is 4.43. The summed E-state index contributed by atoms with van der Waals surface area (Å²) in [5.74, 6) is -4.27. The smallest absolute Gasteiger partial charge is 0.336 e. The zero-order valence-corrected chi connectivity index (χ0v) is 18.5. The minimum absolute atomic E-state index is 0.123. The number of hydrogen-bond acceptors (Lipinski definition) is 8. The fourth-order valence-corrected chi connectivity index (χ4v) is 4.43. The minimum Gasteiger partial charge on any atom is -0.468 e. The van der Waals surface area contributed by atoms with Gasteiger partial charge in [-0.1, -0.05) is 32.0 Å². The Balaban J connectivity index is 2.24. The van der Waals surface area contributed by atoms with Gasteiger partial charge >= 0.3 is 11.9 Å². The van der Waals surface area contributed by atoms with Crippen LogP contribution in [0, 0.1) is 22.0 Å². The predicted octanol–water partition coefficient (Wildman–Crippen LogP) is 3.16. The van der Waals surface area contributed by atoms with Crippen LogP contribution in [0.4, 0.5) is 5.69 Å². The number of benzene rings is 1. The summed E-state index contributed by atoms with van der Waals surface area (Å²) in [5.41, 5.74) is 1.28. The van der Waals surface area contributed by atoms with Gasteiger partial charge in [0.05, 0.1) is 30.1 Å². The molecule has 0 bridgehead atoms. The van der Waals surface area contributed by atoms with Gasteiger partial charge in [0.25, 0.3) is 5.69 Å². The maximum absolute atomic E-state index is 13.6. The van der Waals surface area contributed by atoms with Crippen LogP contribution in [-0.4, -0.2) is 36.4 Å². The number of methoxy groups -OCH3 is 1. The van der Waals surface area contributed by atoms with Crippen LogP contribution in [0.5, 0.6) is 0 Å². The number of para-hydroxylation sites is 1. The van der Waals surface area contributed by atoms with E-state index in [1.165, 1.54) is 25.3 Å². The number of ether oxygens (including phenoxy) is 2. The topological polar surface area (TPSA) is 125 Å². The second-order valence-corrected chi connectivity index (χ2v) is 7.99. The second-order valence-electron chi connectivity index (χ2n) is 7.99. The molecule has 3 rings (SSSR count). The Bertz CT molecular complexity index is 1040. The van der Waals surface area contributed by atoms with E-state index in [1.54, 1.807) is 19.9 Å². The molecule has 0 fully saturated rings. The number of allylic oxidation sites excluding steroid dienone is 3. The fraction of sp³-hybridized carbons (Fsp3) is 0.435. The molecule has 9 nitrogen and oxygen atoms in total. The summed E-state index contributed by atoms with van der Waals surface area (Å²) in [5, 5.41) is 14.9. The van der Waals surface area contributed by atoms with Gasteiger partial charge in [0.2, 0.25) is 0 Å². The molecule has 1 aliphatic carbocycles. The van der Waals surface area contributed by atoms with E-state index >= 15 is 0 Å². The van der Waals surface area contributed by atoms with Crippen LogP contribution in [0.25, 0.3) is 0 Å². The number of carbonyl (C=O) groups is 3. The normalized spacial score (nSPS) is 22.8. The molecule has 1 aromatic carbocycles. The second kappa shape index (κ2) is 9.33. The van der Waals surface area contributed by atoms with Crippen LogP contribution in [0.1, 0.15) is 45.1 Å². The average Bonchev–Trinajstić information content (AvgIpc) is 2.76. The van der Waals surface area contributed by atoms with Crippen molar-refractivity contribution in [3.05, 3.63) is 62.5 Å². The van der Waals surface area contributed by atoms with E-state index < -0.39 is 34.5 Å². The lowest BCUT2D eigenvalue weighted by atomic mass is 9.69. The standard InChI is InChI=1S/C23H26N2O7/c1-5-10-32-23(28)18-13(3)24-15-11-12(2)17(22(27)31-4)21(26)20(15)19(18)14-8-6-7-9-16(14)25(29)30/h6-9,12,17,19,24H,5,10-11H2,1-4H3/t12-,17-,19+/m0/s1. The number of nitrogens with zero attached hydrogens (tertiary/aromatic N) is 1. The van der Waals surface area contributed by atoms with Crippen molar-refractivity contribution in [2.75, 3.05) is 13.7 Å². The third kappa shape index (κ3) is 4.02. The Labute approximate surface area is 185 Å². The highest BCUT2D eigenvalue weighted by Crippen LogP contribution is 2.47. The molecule has 0 saturated heterocycles. The van der Waals surface area contributed by atoms with Crippen molar-refractivity contribution in [2.24, 2.45) is 11.8 Å². The Morgan fingerprint density at radius 2 is 1.97 bits per heavy atom. The highest BCUT2D eigenvalue weighted by Gasteiger charge is 2.48. The van der Waals surface area contributed by atoms with Gasteiger partial charge in [-0.05, 0) is 25.7 Å². The highest BCUT2D eigenvalue weighted by atomic mass is 16.6. The molecule has 1 aliphatic heterocycles. The van der Waals surface area contributed by atoms with Crippen molar-refractivity contribution < 1.29 is 28.8 Å². The van der Waals surface area contributed by atoms with Crippen LogP contribution in [-0.2, 0) is 23.9 Å². The van der Waals surface area contributed by atoms with Gasteiger partial charge in [0.15, 0.2) is 5.78 Å². The summed E-state index contributed by atoms with van der Waals surface area (Å²) in [4.78, 5) is 50.3. The lowest BCUT2D eigenvalue weighted by Crippen LogP contribution is -2.43. The number of esters is 2. The van der Waals surface area contributed by atoms with E-state index in [9.17, 15) is 24.5 Å². The van der Waals surface area contributed by atoms with Crippen LogP contribution in [0.2, 0.25) is 0 Å². The molecular weight excluding hydrogens is 416 g/mol. The number of rotatable bonds is 6. The summed E-state index contributed by atoms with van der Waals surface area (Å²) in [7, 11) is 1.21. The van der Waals surface area contributed by atoms with Crippen molar-refractivity contribution in [3.63, 3.8) is 0 Å². The van der Waals surface area contributed by atoms with Crippen molar-refractivity contribution in [2.45, 2.75) is 39.5 Å². The van der Waals surface area contributed by atoms with Crippen molar-refractivity contribution in [1.82, 2.24) is 5.32 Å².